The van der Waals surface area contributed by atoms with Crippen molar-refractivity contribution in [1.29, 1.82) is 0 Å². The van der Waals surface area contributed by atoms with Crippen molar-refractivity contribution in [3.8, 4) is 0 Å². The molecule has 1 atom stereocenters. The number of imidazole rings is 1. The van der Waals surface area contributed by atoms with Gasteiger partial charge in [-0.25, -0.2) is 4.98 Å². The molecule has 2 aromatic rings. The number of aromatic amines is 1. The van der Waals surface area contributed by atoms with Gasteiger partial charge in [-0.2, -0.15) is 0 Å². The molecule has 2 saturated heterocycles. The number of fused-ring (bicyclic) bond motifs is 1. The Balaban J connectivity index is 1.25. The van der Waals surface area contributed by atoms with Crippen molar-refractivity contribution < 1.29 is 14.4 Å². The Morgan fingerprint density at radius 3 is 2.67 bits per heavy atom. The fourth-order valence-corrected chi connectivity index (χ4v) is 4.88. The normalized spacial score (nSPS) is 23.0. The van der Waals surface area contributed by atoms with Crippen LogP contribution in [-0.4, -0.2) is 56.6 Å². The van der Waals surface area contributed by atoms with Crippen LogP contribution in [0.1, 0.15) is 58.8 Å². The van der Waals surface area contributed by atoms with E-state index in [0.29, 0.717) is 24.4 Å². The van der Waals surface area contributed by atoms with E-state index in [2.05, 4.69) is 32.3 Å². The highest BCUT2D eigenvalue weighted by molar-refractivity contribution is 6.05. The molecule has 0 spiro atoms. The minimum Gasteiger partial charge on any atom is -0.347 e. The van der Waals surface area contributed by atoms with Crippen molar-refractivity contribution in [2.24, 2.45) is 0 Å². The molecule has 1 aromatic carbocycles. The number of aromatic nitrogens is 2. The van der Waals surface area contributed by atoms with Crippen LogP contribution in [0.15, 0.2) is 30.7 Å². The topological polar surface area (TPSA) is 98.4 Å². The molecule has 3 aliphatic heterocycles. The van der Waals surface area contributed by atoms with Gasteiger partial charge in [0.15, 0.2) is 0 Å². The van der Waals surface area contributed by atoms with E-state index < -0.39 is 6.04 Å². The van der Waals surface area contributed by atoms with Crippen LogP contribution >= 0.6 is 0 Å². The summed E-state index contributed by atoms with van der Waals surface area (Å²) in [6, 6.07) is 5.57. The quantitative estimate of drug-likeness (QED) is 0.750. The maximum Gasteiger partial charge on any atom is 0.255 e. The van der Waals surface area contributed by atoms with E-state index in [9.17, 15) is 14.4 Å². The van der Waals surface area contributed by atoms with E-state index in [1.54, 1.807) is 11.2 Å². The third-order valence-corrected chi connectivity index (χ3v) is 6.56. The number of carbonyl (C=O) groups is 3. The number of imide groups is 1. The summed E-state index contributed by atoms with van der Waals surface area (Å²) in [6.07, 6.45) is 6.42. The molecule has 3 aliphatic rings. The summed E-state index contributed by atoms with van der Waals surface area (Å²) in [6.45, 7) is 3.39. The molecule has 1 aromatic heterocycles. The van der Waals surface area contributed by atoms with Crippen LogP contribution in [0.4, 0.5) is 0 Å². The molecular weight excluding hydrogens is 382 g/mol. The van der Waals surface area contributed by atoms with Gasteiger partial charge in [-0.3, -0.25) is 24.6 Å². The largest absolute Gasteiger partial charge is 0.347 e. The molecule has 0 saturated carbocycles. The summed E-state index contributed by atoms with van der Waals surface area (Å²) in [5, 5.41) is 2.35. The van der Waals surface area contributed by atoms with Gasteiger partial charge in [0.1, 0.15) is 6.04 Å². The number of H-pyrrole nitrogens is 1. The first-order valence-corrected chi connectivity index (χ1v) is 10.6. The fourth-order valence-electron chi connectivity index (χ4n) is 4.88. The molecule has 156 valence electrons. The number of nitrogens with one attached hydrogen (secondary N) is 2. The molecule has 2 fully saturated rings. The second-order valence-electron chi connectivity index (χ2n) is 8.44. The van der Waals surface area contributed by atoms with Crippen LogP contribution in [0.25, 0.3) is 0 Å². The van der Waals surface area contributed by atoms with Crippen molar-refractivity contribution in [1.82, 2.24) is 25.1 Å². The average Bonchev–Trinajstić information content (AvgIpc) is 3.36. The maximum atomic E-state index is 12.9. The number of nitrogens with zero attached hydrogens (tertiary/aromatic N) is 3. The summed E-state index contributed by atoms with van der Waals surface area (Å²) in [5.41, 5.74) is 4.08. The molecule has 8 nitrogen and oxygen atoms in total. The Morgan fingerprint density at radius 2 is 1.93 bits per heavy atom. The summed E-state index contributed by atoms with van der Waals surface area (Å²) in [7, 11) is 0. The van der Waals surface area contributed by atoms with E-state index in [-0.39, 0.29) is 24.1 Å². The second kappa shape index (κ2) is 7.68. The molecule has 8 heteroatoms. The summed E-state index contributed by atoms with van der Waals surface area (Å²) in [4.78, 5) is 47.8. The number of likely N-dealkylation sites (tertiary alicyclic amines) is 1. The molecule has 3 amide bonds. The first kappa shape index (κ1) is 19.0. The summed E-state index contributed by atoms with van der Waals surface area (Å²) in [5.74, 6) is -0.257. The Kier molecular flexibility index (Phi) is 4.86. The number of carbonyl (C=O) groups excluding carboxylic acids is 3. The number of hydrogen-bond acceptors (Lipinski definition) is 5. The van der Waals surface area contributed by atoms with Gasteiger partial charge in [-0.15, -0.1) is 0 Å². The Labute approximate surface area is 174 Å². The van der Waals surface area contributed by atoms with Gasteiger partial charge in [-0.05, 0) is 55.5 Å². The van der Waals surface area contributed by atoms with Crippen molar-refractivity contribution in [2.75, 3.05) is 13.1 Å². The molecular formula is C22H25N5O3. The van der Waals surface area contributed by atoms with Crippen LogP contribution in [0, 0.1) is 0 Å². The molecule has 0 aliphatic carbocycles. The first-order chi connectivity index (χ1) is 14.6. The monoisotopic (exact) mass is 407 g/mol. The predicted octanol–water partition coefficient (Wildman–Crippen LogP) is 1.55. The smallest absolute Gasteiger partial charge is 0.255 e. The SMILES string of the molecule is O=C1CCC(N2Cc3cc(C4CCN(Cc5cnc[nH]5)CC4)ccc3C2=O)C(=O)N1. The Morgan fingerprint density at radius 1 is 1.10 bits per heavy atom. The van der Waals surface area contributed by atoms with Crippen molar-refractivity contribution in [3.63, 3.8) is 0 Å². The number of hydrogen-bond donors (Lipinski definition) is 2. The van der Waals surface area contributed by atoms with Crippen LogP contribution in [0.5, 0.6) is 0 Å². The van der Waals surface area contributed by atoms with Crippen LogP contribution in [0.2, 0.25) is 0 Å². The lowest BCUT2D eigenvalue weighted by atomic mass is 9.88. The van der Waals surface area contributed by atoms with Crippen LogP contribution < -0.4 is 5.32 Å². The third-order valence-electron chi connectivity index (χ3n) is 6.56. The highest BCUT2D eigenvalue weighted by Crippen LogP contribution is 2.33. The van der Waals surface area contributed by atoms with E-state index >= 15 is 0 Å². The van der Waals surface area contributed by atoms with Gasteiger partial charge >= 0.3 is 0 Å². The number of piperidine rings is 2. The zero-order valence-electron chi connectivity index (χ0n) is 16.8. The molecule has 30 heavy (non-hydrogen) atoms. The fraction of sp³-hybridized carbons (Fsp3) is 0.455. The van der Waals surface area contributed by atoms with Gasteiger partial charge < -0.3 is 9.88 Å². The summed E-state index contributed by atoms with van der Waals surface area (Å²) < 4.78 is 0. The lowest BCUT2D eigenvalue weighted by molar-refractivity contribution is -0.136. The van der Waals surface area contributed by atoms with E-state index in [1.807, 2.05) is 12.3 Å². The van der Waals surface area contributed by atoms with E-state index in [0.717, 1.165) is 43.7 Å². The number of amides is 3. The minimum atomic E-state index is -0.559. The number of rotatable bonds is 4. The highest BCUT2D eigenvalue weighted by atomic mass is 16.2. The van der Waals surface area contributed by atoms with E-state index in [1.165, 1.54) is 5.56 Å². The zero-order chi connectivity index (χ0) is 20.7. The first-order valence-electron chi connectivity index (χ1n) is 10.6. The molecule has 2 N–H and O–H groups in total. The summed E-state index contributed by atoms with van der Waals surface area (Å²) >= 11 is 0. The minimum absolute atomic E-state index is 0.111. The second-order valence-corrected chi connectivity index (χ2v) is 8.44. The molecule has 4 heterocycles. The average molecular weight is 407 g/mol. The van der Waals surface area contributed by atoms with E-state index in [4.69, 9.17) is 0 Å². The van der Waals surface area contributed by atoms with Crippen LogP contribution in [0.3, 0.4) is 0 Å². The molecule has 5 rings (SSSR count). The predicted molar refractivity (Wildman–Crippen MR) is 108 cm³/mol. The van der Waals surface area contributed by atoms with Gasteiger partial charge in [0, 0.05) is 37.0 Å². The van der Waals surface area contributed by atoms with Gasteiger partial charge in [-0.1, -0.05) is 12.1 Å². The van der Waals surface area contributed by atoms with Gasteiger partial charge in [0.25, 0.3) is 5.91 Å². The maximum absolute atomic E-state index is 12.9. The van der Waals surface area contributed by atoms with Crippen molar-refractivity contribution in [3.05, 3.63) is 53.1 Å². The zero-order valence-corrected chi connectivity index (χ0v) is 16.8. The molecule has 0 radical (unpaired) electrons. The molecule has 0 bridgehead atoms. The Bertz CT molecular complexity index is 979. The molecule has 1 unspecified atom stereocenters. The number of benzene rings is 1. The van der Waals surface area contributed by atoms with Gasteiger partial charge in [0.05, 0.1) is 6.33 Å². The Hall–Kier alpha value is -3.00. The lowest BCUT2D eigenvalue weighted by Crippen LogP contribution is -2.52. The van der Waals surface area contributed by atoms with Crippen LogP contribution in [-0.2, 0) is 22.7 Å². The third kappa shape index (κ3) is 3.52. The van der Waals surface area contributed by atoms with Crippen molar-refractivity contribution in [2.45, 2.75) is 50.7 Å². The van der Waals surface area contributed by atoms with Gasteiger partial charge in [0.2, 0.25) is 11.8 Å². The lowest BCUT2D eigenvalue weighted by Gasteiger charge is -2.32. The van der Waals surface area contributed by atoms with Crippen molar-refractivity contribution >= 4 is 17.7 Å². The standard InChI is InChI=1S/C22H25N5O3/c28-20-4-3-19(21(29)25-20)27-11-16-9-15(1-2-18(16)22(27)30)14-5-7-26(8-6-14)12-17-10-23-13-24-17/h1-2,9-10,13-14,19H,3-8,11-12H2,(H,23,24)(H,25,28,29). The highest BCUT2D eigenvalue weighted by Gasteiger charge is 2.39.